The number of carbonyl (C=O) groups is 3. The van der Waals surface area contributed by atoms with Crippen LogP contribution in [0.15, 0.2) is 0 Å². The van der Waals surface area contributed by atoms with Crippen LogP contribution in [-0.2, 0) is 14.4 Å². The molecule has 90 valence electrons. The van der Waals surface area contributed by atoms with Crippen LogP contribution in [0, 0.1) is 0 Å². The molecule has 0 spiro atoms. The monoisotopic (exact) mass is 226 g/mol. The minimum atomic E-state index is -0.304. The molecule has 5 heteroatoms. The van der Waals surface area contributed by atoms with E-state index in [4.69, 9.17) is 0 Å². The van der Waals surface area contributed by atoms with Gasteiger partial charge < -0.3 is 10.2 Å². The molecule has 0 saturated carbocycles. The van der Waals surface area contributed by atoms with Crippen LogP contribution in [0.25, 0.3) is 0 Å². The fraction of sp³-hybridized carbons (Fsp3) is 0.727. The normalized spacial score (nSPS) is 14.9. The zero-order chi connectivity index (χ0) is 12.0. The lowest BCUT2D eigenvalue weighted by atomic mass is 10.3. The predicted molar refractivity (Wildman–Crippen MR) is 58.7 cm³/mol. The van der Waals surface area contributed by atoms with E-state index in [-0.39, 0.29) is 24.0 Å². The van der Waals surface area contributed by atoms with E-state index in [0.717, 1.165) is 25.9 Å². The Labute approximate surface area is 95.2 Å². The third kappa shape index (κ3) is 4.42. The van der Waals surface area contributed by atoms with Crippen molar-refractivity contribution < 1.29 is 14.4 Å². The number of carbonyl (C=O) groups excluding carboxylic acids is 3. The van der Waals surface area contributed by atoms with Crippen LogP contribution in [0.5, 0.6) is 0 Å². The maximum absolute atomic E-state index is 11.6. The van der Waals surface area contributed by atoms with Crippen molar-refractivity contribution >= 4 is 17.6 Å². The quantitative estimate of drug-likeness (QED) is 0.676. The zero-order valence-corrected chi connectivity index (χ0v) is 9.62. The molecule has 0 unspecified atom stereocenters. The Kier molecular flexibility index (Phi) is 4.95. The summed E-state index contributed by atoms with van der Waals surface area (Å²) in [5, 5.41) is 2.56. The van der Waals surface area contributed by atoms with Gasteiger partial charge in [-0.1, -0.05) is 0 Å². The van der Waals surface area contributed by atoms with Gasteiger partial charge in [0.15, 0.2) is 0 Å². The highest BCUT2D eigenvalue weighted by Crippen LogP contribution is 2.08. The summed E-state index contributed by atoms with van der Waals surface area (Å²) in [6.45, 7) is 3.36. The molecule has 1 saturated heterocycles. The van der Waals surface area contributed by atoms with Gasteiger partial charge in [-0.15, -0.1) is 0 Å². The standard InChI is InChI=1S/C11H18N2O3/c1-9(14)8-10(15)12-5-4-11(16)13-6-2-3-7-13/h2-8H2,1H3,(H,12,15). The van der Waals surface area contributed by atoms with Gasteiger partial charge in [-0.25, -0.2) is 0 Å². The van der Waals surface area contributed by atoms with Crippen LogP contribution in [0.4, 0.5) is 0 Å². The maximum Gasteiger partial charge on any atom is 0.227 e. The smallest absolute Gasteiger partial charge is 0.227 e. The second-order valence-corrected chi connectivity index (χ2v) is 4.07. The first-order chi connectivity index (χ1) is 7.59. The third-order valence-corrected chi connectivity index (χ3v) is 2.53. The van der Waals surface area contributed by atoms with Gasteiger partial charge in [0.05, 0.1) is 6.42 Å². The van der Waals surface area contributed by atoms with Crippen molar-refractivity contribution in [2.75, 3.05) is 19.6 Å². The fourth-order valence-electron chi connectivity index (χ4n) is 1.72. The minimum absolute atomic E-state index is 0.0839. The molecule has 0 bridgehead atoms. The van der Waals surface area contributed by atoms with Crippen molar-refractivity contribution in [2.45, 2.75) is 32.6 Å². The van der Waals surface area contributed by atoms with Crippen molar-refractivity contribution in [1.29, 1.82) is 0 Å². The number of nitrogens with one attached hydrogen (secondary N) is 1. The summed E-state index contributed by atoms with van der Waals surface area (Å²) in [4.78, 5) is 35.1. The highest BCUT2D eigenvalue weighted by atomic mass is 16.2. The zero-order valence-electron chi connectivity index (χ0n) is 9.62. The molecule has 1 heterocycles. The lowest BCUT2D eigenvalue weighted by Crippen LogP contribution is -2.33. The number of amides is 2. The van der Waals surface area contributed by atoms with Crippen LogP contribution in [0.3, 0.4) is 0 Å². The Morgan fingerprint density at radius 1 is 1.19 bits per heavy atom. The van der Waals surface area contributed by atoms with Gasteiger partial charge in [-0.05, 0) is 19.8 Å². The van der Waals surface area contributed by atoms with Gasteiger partial charge in [-0.3, -0.25) is 14.4 Å². The first-order valence-electron chi connectivity index (χ1n) is 5.63. The van der Waals surface area contributed by atoms with E-state index in [1.807, 2.05) is 4.90 Å². The van der Waals surface area contributed by atoms with Gasteiger partial charge in [0, 0.05) is 26.1 Å². The van der Waals surface area contributed by atoms with E-state index in [0.29, 0.717) is 13.0 Å². The summed E-state index contributed by atoms with van der Waals surface area (Å²) in [5.41, 5.74) is 0. The molecule has 0 aliphatic carbocycles. The number of nitrogens with zero attached hydrogens (tertiary/aromatic N) is 1. The molecule has 16 heavy (non-hydrogen) atoms. The van der Waals surface area contributed by atoms with Crippen molar-refractivity contribution in [3.05, 3.63) is 0 Å². The Morgan fingerprint density at radius 2 is 1.81 bits per heavy atom. The summed E-state index contributed by atoms with van der Waals surface area (Å²) in [6, 6.07) is 0. The largest absolute Gasteiger partial charge is 0.355 e. The molecule has 0 aromatic heterocycles. The van der Waals surface area contributed by atoms with Gasteiger partial charge >= 0.3 is 0 Å². The van der Waals surface area contributed by atoms with E-state index in [1.165, 1.54) is 6.92 Å². The highest BCUT2D eigenvalue weighted by Gasteiger charge is 2.17. The molecule has 0 radical (unpaired) electrons. The van der Waals surface area contributed by atoms with Gasteiger partial charge in [0.25, 0.3) is 0 Å². The molecule has 1 aliphatic heterocycles. The average Bonchev–Trinajstić information content (AvgIpc) is 2.68. The molecule has 1 aliphatic rings. The Balaban J connectivity index is 2.12. The van der Waals surface area contributed by atoms with Crippen molar-refractivity contribution in [3.8, 4) is 0 Å². The minimum Gasteiger partial charge on any atom is -0.355 e. The Morgan fingerprint density at radius 3 is 2.38 bits per heavy atom. The molecule has 5 nitrogen and oxygen atoms in total. The van der Waals surface area contributed by atoms with Crippen LogP contribution in [0.2, 0.25) is 0 Å². The molecular formula is C11H18N2O3. The summed E-state index contributed by atoms with van der Waals surface area (Å²) >= 11 is 0. The van der Waals surface area contributed by atoms with E-state index in [1.54, 1.807) is 0 Å². The van der Waals surface area contributed by atoms with Crippen LogP contribution in [-0.4, -0.2) is 42.1 Å². The second-order valence-electron chi connectivity index (χ2n) is 4.07. The molecule has 1 N–H and O–H groups in total. The third-order valence-electron chi connectivity index (χ3n) is 2.53. The number of ketones is 1. The fourth-order valence-corrected chi connectivity index (χ4v) is 1.72. The van der Waals surface area contributed by atoms with Gasteiger partial charge in [-0.2, -0.15) is 0 Å². The van der Waals surface area contributed by atoms with E-state index < -0.39 is 0 Å². The Hall–Kier alpha value is -1.39. The molecule has 2 amide bonds. The average molecular weight is 226 g/mol. The van der Waals surface area contributed by atoms with E-state index >= 15 is 0 Å². The first-order valence-corrected chi connectivity index (χ1v) is 5.63. The Bertz CT molecular complexity index is 283. The van der Waals surface area contributed by atoms with Crippen LogP contribution >= 0.6 is 0 Å². The van der Waals surface area contributed by atoms with Crippen LogP contribution < -0.4 is 5.32 Å². The number of hydrogen-bond donors (Lipinski definition) is 1. The highest BCUT2D eigenvalue weighted by molar-refractivity contribution is 5.96. The van der Waals surface area contributed by atoms with Crippen molar-refractivity contribution in [1.82, 2.24) is 10.2 Å². The van der Waals surface area contributed by atoms with Crippen molar-refractivity contribution in [3.63, 3.8) is 0 Å². The summed E-state index contributed by atoms with van der Waals surface area (Å²) < 4.78 is 0. The second kappa shape index (κ2) is 6.25. The molecule has 1 rings (SSSR count). The van der Waals surface area contributed by atoms with E-state index in [9.17, 15) is 14.4 Å². The van der Waals surface area contributed by atoms with Crippen molar-refractivity contribution in [2.24, 2.45) is 0 Å². The molecule has 1 fully saturated rings. The molecule has 0 aromatic rings. The molecule has 0 aromatic carbocycles. The summed E-state index contributed by atoms with van der Waals surface area (Å²) in [7, 11) is 0. The summed E-state index contributed by atoms with van der Waals surface area (Å²) in [5.74, 6) is -0.384. The number of Topliss-reactive ketones (excluding diaryl/α,β-unsaturated/α-hetero) is 1. The number of likely N-dealkylation sites (tertiary alicyclic amines) is 1. The SMILES string of the molecule is CC(=O)CC(=O)NCCC(=O)N1CCCC1. The van der Waals surface area contributed by atoms with Gasteiger partial charge in [0.1, 0.15) is 5.78 Å². The lowest BCUT2D eigenvalue weighted by Gasteiger charge is -2.14. The van der Waals surface area contributed by atoms with Gasteiger partial charge in [0.2, 0.25) is 11.8 Å². The first kappa shape index (κ1) is 12.7. The maximum atomic E-state index is 11.6. The number of hydrogen-bond acceptors (Lipinski definition) is 3. The van der Waals surface area contributed by atoms with E-state index in [2.05, 4.69) is 5.32 Å². The summed E-state index contributed by atoms with van der Waals surface area (Å²) in [6.07, 6.45) is 2.37. The van der Waals surface area contributed by atoms with Crippen LogP contribution in [0.1, 0.15) is 32.6 Å². The lowest BCUT2D eigenvalue weighted by molar-refractivity contribution is -0.130. The topological polar surface area (TPSA) is 66.5 Å². The number of rotatable bonds is 5. The predicted octanol–water partition coefficient (Wildman–Crippen LogP) is 0.0942. The molecular weight excluding hydrogens is 208 g/mol. The molecule has 0 atom stereocenters.